The molecule has 0 aliphatic rings. The first-order chi connectivity index (χ1) is 7.38. The molecule has 2 heterocycles. The van der Waals surface area contributed by atoms with Gasteiger partial charge in [0.2, 0.25) is 0 Å². The van der Waals surface area contributed by atoms with Gasteiger partial charge in [-0.2, -0.15) is 0 Å². The van der Waals surface area contributed by atoms with Crippen LogP contribution in [0.3, 0.4) is 0 Å². The van der Waals surface area contributed by atoms with E-state index in [4.69, 9.17) is 6.80 Å². The van der Waals surface area contributed by atoms with Crippen molar-refractivity contribution in [3.8, 4) is 11.4 Å². The molecule has 0 amide bonds. The monoisotopic (exact) mass is 316 g/mol. The van der Waals surface area contributed by atoms with E-state index in [1.807, 2.05) is 36.4 Å². The smallest absolute Gasteiger partial charge is 0.0886 e. The molecule has 2 aromatic rings. The van der Waals surface area contributed by atoms with E-state index < -0.39 is 18.5 Å². The van der Waals surface area contributed by atoms with Crippen molar-refractivity contribution in [2.45, 2.75) is 0 Å². The van der Waals surface area contributed by atoms with Crippen LogP contribution < -0.4 is 0 Å². The van der Waals surface area contributed by atoms with Gasteiger partial charge in [-0.3, -0.25) is 9.97 Å². The van der Waals surface area contributed by atoms with E-state index in [2.05, 4.69) is 9.97 Å². The molecule has 0 saturated carbocycles. The SMILES string of the molecule is [CH3-].[CH3-].[O]=[Mo+2]=[O].c1ccc(-c2ccccn2)nc1. The van der Waals surface area contributed by atoms with Crippen LogP contribution >= 0.6 is 0 Å². The predicted octanol–water partition coefficient (Wildman–Crippen LogP) is 2.80. The zero-order valence-corrected chi connectivity index (χ0v) is 11.7. The molecule has 2 aromatic heterocycles. The summed E-state index contributed by atoms with van der Waals surface area (Å²) in [6.45, 7) is 0. The van der Waals surface area contributed by atoms with Crippen LogP contribution in [0.5, 0.6) is 0 Å². The van der Waals surface area contributed by atoms with E-state index in [9.17, 15) is 0 Å². The maximum atomic E-state index is 8.50. The number of aromatic nitrogens is 2. The van der Waals surface area contributed by atoms with Crippen LogP contribution in [0.25, 0.3) is 11.4 Å². The molecule has 0 aliphatic heterocycles. The van der Waals surface area contributed by atoms with Crippen LogP contribution in [0, 0.1) is 14.9 Å². The molecule has 0 aromatic carbocycles. The third kappa shape index (κ3) is 6.69. The Morgan fingerprint density at radius 2 is 1.12 bits per heavy atom. The molecule has 2 rings (SSSR count). The van der Waals surface area contributed by atoms with Crippen molar-refractivity contribution in [1.29, 1.82) is 0 Å². The van der Waals surface area contributed by atoms with Gasteiger partial charge in [0.1, 0.15) is 0 Å². The topological polar surface area (TPSA) is 59.9 Å². The van der Waals surface area contributed by atoms with Crippen LogP contribution in [-0.4, -0.2) is 9.97 Å². The fourth-order valence-electron chi connectivity index (χ4n) is 1.03. The Balaban J connectivity index is 0. The minimum atomic E-state index is -2.03. The van der Waals surface area contributed by atoms with Gasteiger partial charge in [-0.25, -0.2) is 0 Å². The Morgan fingerprint density at radius 1 is 0.765 bits per heavy atom. The molecule has 5 heteroatoms. The predicted molar refractivity (Wildman–Crippen MR) is 61.7 cm³/mol. The van der Waals surface area contributed by atoms with Crippen molar-refractivity contribution in [2.75, 3.05) is 0 Å². The van der Waals surface area contributed by atoms with E-state index in [0.717, 1.165) is 11.4 Å². The summed E-state index contributed by atoms with van der Waals surface area (Å²) < 4.78 is 17.0. The Morgan fingerprint density at radius 3 is 1.35 bits per heavy atom. The van der Waals surface area contributed by atoms with Gasteiger partial charge in [0.15, 0.2) is 0 Å². The van der Waals surface area contributed by atoms with Crippen LogP contribution in [0.15, 0.2) is 48.8 Å². The Kier molecular flexibility index (Phi) is 11.7. The van der Waals surface area contributed by atoms with Crippen molar-refractivity contribution in [3.05, 3.63) is 63.6 Å². The van der Waals surface area contributed by atoms with Gasteiger partial charge in [-0.15, -0.1) is 0 Å². The van der Waals surface area contributed by atoms with Gasteiger partial charge in [0.05, 0.1) is 11.4 Å². The first-order valence-electron chi connectivity index (χ1n) is 4.12. The fourth-order valence-corrected chi connectivity index (χ4v) is 1.03. The Labute approximate surface area is 110 Å². The van der Waals surface area contributed by atoms with Crippen molar-refractivity contribution in [3.63, 3.8) is 0 Å². The third-order valence-electron chi connectivity index (χ3n) is 1.59. The molecule has 0 N–H and O–H groups in total. The van der Waals surface area contributed by atoms with E-state index >= 15 is 0 Å². The minimum absolute atomic E-state index is 0. The van der Waals surface area contributed by atoms with Crippen LogP contribution in [0.1, 0.15) is 0 Å². The molecule has 0 atom stereocenters. The van der Waals surface area contributed by atoms with Crippen molar-refractivity contribution < 1.29 is 25.3 Å². The summed E-state index contributed by atoms with van der Waals surface area (Å²) in [5.74, 6) is 0. The van der Waals surface area contributed by atoms with E-state index in [0.29, 0.717) is 0 Å². The van der Waals surface area contributed by atoms with E-state index in [1.165, 1.54) is 0 Å². The molecule has 90 valence electrons. The molecular weight excluding hydrogens is 300 g/mol. The molecule has 4 nitrogen and oxygen atoms in total. The standard InChI is InChI=1S/C10H8N2.2CH3.Mo.2O/c1-3-7-11-9(5-1)10-6-2-4-8-12-10;;;;;/h1-8H;2*1H3;;;/q;2*-1;+2;;. The number of rotatable bonds is 1. The maximum absolute atomic E-state index is 8.50. The second-order valence-corrected chi connectivity index (χ2v) is 2.83. The van der Waals surface area contributed by atoms with Gasteiger partial charge in [-0.1, -0.05) is 12.1 Å². The van der Waals surface area contributed by atoms with E-state index in [-0.39, 0.29) is 14.9 Å². The number of pyridine rings is 2. The molecule has 0 fully saturated rings. The van der Waals surface area contributed by atoms with Crippen molar-refractivity contribution in [2.24, 2.45) is 0 Å². The summed E-state index contributed by atoms with van der Waals surface area (Å²) in [6.07, 6.45) is 3.54. The van der Waals surface area contributed by atoms with Crippen LogP contribution in [0.4, 0.5) is 0 Å². The average molecular weight is 314 g/mol. The molecular formula is C12H14MoN2O2. The average Bonchev–Trinajstić information content (AvgIpc) is 2.32. The van der Waals surface area contributed by atoms with Crippen molar-refractivity contribution >= 4 is 0 Å². The van der Waals surface area contributed by atoms with Gasteiger partial charge in [0.25, 0.3) is 0 Å². The summed E-state index contributed by atoms with van der Waals surface area (Å²) in [6, 6.07) is 11.6. The second-order valence-electron chi connectivity index (χ2n) is 2.50. The largest absolute Gasteiger partial charge is 0.255 e. The van der Waals surface area contributed by atoms with Gasteiger partial charge in [0, 0.05) is 12.4 Å². The number of hydrogen-bond donors (Lipinski definition) is 0. The molecule has 0 radical (unpaired) electrons. The van der Waals surface area contributed by atoms with Crippen LogP contribution in [0.2, 0.25) is 0 Å². The molecule has 0 bridgehead atoms. The zero-order chi connectivity index (χ0) is 10.9. The molecule has 0 spiro atoms. The summed E-state index contributed by atoms with van der Waals surface area (Å²) in [5.41, 5.74) is 1.83. The quantitative estimate of drug-likeness (QED) is 0.600. The van der Waals surface area contributed by atoms with Gasteiger partial charge < -0.3 is 14.9 Å². The van der Waals surface area contributed by atoms with Gasteiger partial charge in [-0.05, 0) is 24.3 Å². The summed E-state index contributed by atoms with van der Waals surface area (Å²) >= 11 is -2.03. The maximum Gasteiger partial charge on any atom is 0.0886 e. The summed E-state index contributed by atoms with van der Waals surface area (Å²) in [7, 11) is 0. The minimum Gasteiger partial charge on any atom is -0.255 e. The molecule has 0 saturated heterocycles. The Bertz CT molecular complexity index is 391. The first kappa shape index (κ1) is 18.0. The third-order valence-corrected chi connectivity index (χ3v) is 1.59. The molecule has 17 heavy (non-hydrogen) atoms. The zero-order valence-electron chi connectivity index (χ0n) is 9.74. The fraction of sp³-hybridized carbons (Fsp3) is 0. The first-order valence-corrected chi connectivity index (χ1v) is 5.76. The number of hydrogen-bond acceptors (Lipinski definition) is 4. The van der Waals surface area contributed by atoms with Gasteiger partial charge >= 0.3 is 25.3 Å². The number of nitrogens with zero attached hydrogens (tertiary/aromatic N) is 2. The van der Waals surface area contributed by atoms with Crippen molar-refractivity contribution in [1.82, 2.24) is 9.97 Å². The molecule has 0 unspecified atom stereocenters. The summed E-state index contributed by atoms with van der Waals surface area (Å²) in [4.78, 5) is 8.37. The normalized spacial score (nSPS) is 7.29. The Hall–Kier alpha value is -1.41. The van der Waals surface area contributed by atoms with E-state index in [1.54, 1.807) is 12.4 Å². The summed E-state index contributed by atoms with van der Waals surface area (Å²) in [5, 5.41) is 0. The second kappa shape index (κ2) is 11.1. The van der Waals surface area contributed by atoms with Crippen LogP contribution in [-0.2, 0) is 25.3 Å². The molecule has 0 aliphatic carbocycles.